The Bertz CT molecular complexity index is 347. The first kappa shape index (κ1) is 11.5. The second-order valence-electron chi connectivity index (χ2n) is 2.84. The van der Waals surface area contributed by atoms with Crippen LogP contribution < -0.4 is 0 Å². The summed E-state index contributed by atoms with van der Waals surface area (Å²) in [7, 11) is 0. The van der Waals surface area contributed by atoms with Crippen molar-refractivity contribution in [2.75, 3.05) is 0 Å². The summed E-state index contributed by atoms with van der Waals surface area (Å²) in [5.41, 5.74) is -0.418. The topological polar surface area (TPSA) is 76.2 Å². The fourth-order valence-electron chi connectivity index (χ4n) is 0.964. The quantitative estimate of drug-likeness (QED) is 0.831. The van der Waals surface area contributed by atoms with Gasteiger partial charge in [-0.05, 0) is 0 Å². The van der Waals surface area contributed by atoms with Gasteiger partial charge < -0.3 is 5.11 Å². The van der Waals surface area contributed by atoms with Crippen molar-refractivity contribution in [1.82, 2.24) is 10.3 Å². The summed E-state index contributed by atoms with van der Waals surface area (Å²) in [6.45, 7) is 0. The van der Waals surface area contributed by atoms with E-state index in [0.29, 0.717) is 0 Å². The van der Waals surface area contributed by atoms with Crippen LogP contribution in [0.15, 0.2) is 4.63 Å². The van der Waals surface area contributed by atoms with Gasteiger partial charge in [0.05, 0.1) is 12.8 Å². The summed E-state index contributed by atoms with van der Waals surface area (Å²) in [5.74, 6) is -1.11. The highest BCUT2D eigenvalue weighted by atomic mass is 19.4. The van der Waals surface area contributed by atoms with Gasteiger partial charge in [-0.3, -0.25) is 4.79 Å². The number of aliphatic carboxylic acids is 1. The lowest BCUT2D eigenvalue weighted by Crippen LogP contribution is -2.13. The van der Waals surface area contributed by atoms with Crippen molar-refractivity contribution >= 4 is 5.97 Å². The number of aryl methyl sites for hydroxylation is 1. The van der Waals surface area contributed by atoms with E-state index in [4.69, 9.17) is 5.11 Å². The zero-order valence-corrected chi connectivity index (χ0v) is 7.41. The van der Waals surface area contributed by atoms with Crippen LogP contribution in [0.25, 0.3) is 0 Å². The van der Waals surface area contributed by atoms with Crippen LogP contribution in [0.1, 0.15) is 17.8 Å². The van der Waals surface area contributed by atoms with Gasteiger partial charge in [0, 0.05) is 6.42 Å². The molecular weight excluding hydrogens is 217 g/mol. The van der Waals surface area contributed by atoms with Gasteiger partial charge >= 0.3 is 12.1 Å². The molecule has 0 fully saturated rings. The van der Waals surface area contributed by atoms with Crippen LogP contribution in [-0.2, 0) is 17.6 Å². The second-order valence-corrected chi connectivity index (χ2v) is 2.84. The van der Waals surface area contributed by atoms with Gasteiger partial charge in [0.15, 0.2) is 0 Å². The zero-order chi connectivity index (χ0) is 11.5. The number of aromatic nitrogens is 2. The van der Waals surface area contributed by atoms with Gasteiger partial charge in [-0.2, -0.15) is 13.2 Å². The van der Waals surface area contributed by atoms with Crippen LogP contribution in [0.4, 0.5) is 13.2 Å². The molecule has 0 aromatic carbocycles. The van der Waals surface area contributed by atoms with Crippen LogP contribution in [0.5, 0.6) is 0 Å². The van der Waals surface area contributed by atoms with Crippen LogP contribution >= 0.6 is 0 Å². The van der Waals surface area contributed by atoms with E-state index in [2.05, 4.69) is 14.9 Å². The monoisotopic (exact) mass is 224 g/mol. The lowest BCUT2D eigenvalue weighted by Gasteiger charge is -2.02. The van der Waals surface area contributed by atoms with Gasteiger partial charge in [0.1, 0.15) is 11.4 Å². The molecule has 0 aliphatic heterocycles. The van der Waals surface area contributed by atoms with Crippen molar-refractivity contribution < 1.29 is 27.7 Å². The molecule has 0 unspecified atom stereocenters. The molecule has 1 aromatic heterocycles. The average Bonchev–Trinajstić information content (AvgIpc) is 2.45. The van der Waals surface area contributed by atoms with Crippen molar-refractivity contribution in [2.24, 2.45) is 0 Å². The minimum absolute atomic E-state index is 0.0604. The van der Waals surface area contributed by atoms with E-state index >= 15 is 0 Å². The SMILES string of the molecule is O=C(O)CCc1nonc1CC(F)(F)F. The number of nitrogens with zero attached hydrogens (tertiary/aromatic N) is 2. The van der Waals surface area contributed by atoms with Gasteiger partial charge in [-0.1, -0.05) is 10.3 Å². The molecule has 8 heteroatoms. The zero-order valence-electron chi connectivity index (χ0n) is 7.41. The molecule has 0 radical (unpaired) electrons. The van der Waals surface area contributed by atoms with Crippen molar-refractivity contribution in [3.63, 3.8) is 0 Å². The lowest BCUT2D eigenvalue weighted by atomic mass is 10.1. The number of rotatable bonds is 4. The molecular formula is C7H7F3N2O3. The van der Waals surface area contributed by atoms with Crippen LogP contribution in [0.2, 0.25) is 0 Å². The predicted octanol–water partition coefficient (Wildman–Crippen LogP) is 1.19. The summed E-state index contributed by atoms with van der Waals surface area (Å²) < 4.78 is 40.0. The van der Waals surface area contributed by atoms with Crippen LogP contribution in [-0.4, -0.2) is 27.6 Å². The molecule has 0 saturated carbocycles. The number of hydrogen-bond acceptors (Lipinski definition) is 4. The highest BCUT2D eigenvalue weighted by molar-refractivity contribution is 5.66. The minimum atomic E-state index is -4.41. The number of hydrogen-bond donors (Lipinski definition) is 1. The summed E-state index contributed by atoms with van der Waals surface area (Å²) >= 11 is 0. The Morgan fingerprint density at radius 3 is 2.47 bits per heavy atom. The van der Waals surface area contributed by atoms with Crippen molar-refractivity contribution in [3.8, 4) is 0 Å². The van der Waals surface area contributed by atoms with E-state index in [1.807, 2.05) is 0 Å². The summed E-state index contributed by atoms with van der Waals surface area (Å²) in [5, 5.41) is 14.6. The van der Waals surface area contributed by atoms with Crippen LogP contribution in [0.3, 0.4) is 0 Å². The average molecular weight is 224 g/mol. The van der Waals surface area contributed by atoms with Gasteiger partial charge in [0.2, 0.25) is 0 Å². The first-order valence-electron chi connectivity index (χ1n) is 3.97. The molecule has 84 valence electrons. The molecule has 0 bridgehead atoms. The maximum absolute atomic E-state index is 12.0. The fraction of sp³-hybridized carbons (Fsp3) is 0.571. The minimum Gasteiger partial charge on any atom is -0.481 e. The van der Waals surface area contributed by atoms with Crippen LogP contribution in [0, 0.1) is 0 Å². The molecule has 5 nitrogen and oxygen atoms in total. The summed E-state index contributed by atoms with van der Waals surface area (Å²) in [4.78, 5) is 10.2. The number of carboxylic acid groups (broad SMARTS) is 1. The molecule has 1 rings (SSSR count). The standard InChI is InChI=1S/C7H7F3N2O3/c8-7(9,10)3-5-4(11-15-12-5)1-2-6(13)14/h1-3H2,(H,13,14). The Hall–Kier alpha value is -1.60. The van der Waals surface area contributed by atoms with E-state index in [9.17, 15) is 18.0 Å². The molecule has 1 aromatic rings. The molecule has 0 spiro atoms. The largest absolute Gasteiger partial charge is 0.481 e. The Labute approximate surface area is 81.8 Å². The molecule has 0 saturated heterocycles. The number of carbonyl (C=O) groups is 1. The predicted molar refractivity (Wildman–Crippen MR) is 40.0 cm³/mol. The lowest BCUT2D eigenvalue weighted by molar-refractivity contribution is -0.137. The molecule has 15 heavy (non-hydrogen) atoms. The Kier molecular flexibility index (Phi) is 3.28. The number of halogens is 3. The molecule has 1 N–H and O–H groups in total. The molecule has 0 aliphatic carbocycles. The van der Waals surface area contributed by atoms with Gasteiger partial charge in [-0.15, -0.1) is 0 Å². The van der Waals surface area contributed by atoms with Crippen molar-refractivity contribution in [2.45, 2.75) is 25.4 Å². The van der Waals surface area contributed by atoms with Gasteiger partial charge in [-0.25, -0.2) is 4.63 Å². The smallest absolute Gasteiger partial charge is 0.394 e. The Morgan fingerprint density at radius 2 is 1.93 bits per heavy atom. The summed E-state index contributed by atoms with van der Waals surface area (Å²) in [6.07, 6.45) is -6.09. The third-order valence-electron chi connectivity index (χ3n) is 1.58. The van der Waals surface area contributed by atoms with Crippen molar-refractivity contribution in [3.05, 3.63) is 11.4 Å². The third-order valence-corrected chi connectivity index (χ3v) is 1.58. The van der Waals surface area contributed by atoms with E-state index < -0.39 is 18.6 Å². The molecule has 0 aliphatic rings. The first-order valence-corrected chi connectivity index (χ1v) is 3.97. The van der Waals surface area contributed by atoms with Crippen molar-refractivity contribution in [1.29, 1.82) is 0 Å². The highest BCUT2D eigenvalue weighted by Crippen LogP contribution is 2.22. The first-order chi connectivity index (χ1) is 6.88. The van der Waals surface area contributed by atoms with Gasteiger partial charge in [0.25, 0.3) is 0 Å². The molecule has 1 heterocycles. The Morgan fingerprint density at radius 1 is 1.33 bits per heavy atom. The fourth-order valence-corrected chi connectivity index (χ4v) is 0.964. The maximum atomic E-state index is 12.0. The van der Waals surface area contributed by atoms with E-state index in [1.54, 1.807) is 0 Å². The third kappa shape index (κ3) is 3.96. The van der Waals surface area contributed by atoms with E-state index in [0.717, 1.165) is 0 Å². The summed E-state index contributed by atoms with van der Waals surface area (Å²) in [6, 6.07) is 0. The normalized spacial score (nSPS) is 11.7. The number of alkyl halides is 3. The highest BCUT2D eigenvalue weighted by Gasteiger charge is 2.31. The molecule has 0 atom stereocenters. The second kappa shape index (κ2) is 4.28. The number of carboxylic acids is 1. The molecule has 0 amide bonds. The Balaban J connectivity index is 2.65. The van der Waals surface area contributed by atoms with E-state index in [-0.39, 0.29) is 24.2 Å². The van der Waals surface area contributed by atoms with E-state index in [1.165, 1.54) is 0 Å². The maximum Gasteiger partial charge on any atom is 0.394 e.